The highest BCUT2D eigenvalue weighted by Gasteiger charge is 2.24. The summed E-state index contributed by atoms with van der Waals surface area (Å²) in [6, 6.07) is 11.2. The van der Waals surface area contributed by atoms with E-state index in [2.05, 4.69) is 26.5 Å². The van der Waals surface area contributed by atoms with Crippen molar-refractivity contribution in [2.75, 3.05) is 33.0 Å². The van der Waals surface area contributed by atoms with Gasteiger partial charge in [-0.2, -0.15) is 0 Å². The Kier molecular flexibility index (Phi) is 4.97. The summed E-state index contributed by atoms with van der Waals surface area (Å²) in [7, 11) is 0. The predicted molar refractivity (Wildman–Crippen MR) is 108 cm³/mol. The molecule has 5 rings (SSSR count). The number of fused-ring (bicyclic) bond motifs is 1. The molecule has 1 fully saturated rings. The topological polar surface area (TPSA) is 85.6 Å². The van der Waals surface area contributed by atoms with E-state index in [1.165, 1.54) is 11.0 Å². The first-order valence-corrected chi connectivity index (χ1v) is 9.98. The van der Waals surface area contributed by atoms with Gasteiger partial charge in [0, 0.05) is 32.7 Å². The van der Waals surface area contributed by atoms with Gasteiger partial charge in [-0.05, 0) is 46.3 Å². The number of carbonyl (C=O) groups excluding carboxylic acids is 1. The Morgan fingerprint density at radius 1 is 1.03 bits per heavy atom. The van der Waals surface area contributed by atoms with Crippen molar-refractivity contribution in [2.45, 2.75) is 6.54 Å². The normalized spacial score (nSPS) is 16.1. The van der Waals surface area contributed by atoms with Crippen molar-refractivity contribution in [1.29, 1.82) is 0 Å². The summed E-state index contributed by atoms with van der Waals surface area (Å²) in [5.41, 5.74) is 2.30. The van der Waals surface area contributed by atoms with Gasteiger partial charge < -0.3 is 14.4 Å². The maximum absolute atomic E-state index is 13.1. The van der Waals surface area contributed by atoms with Gasteiger partial charge in [-0.15, -0.1) is 5.10 Å². The van der Waals surface area contributed by atoms with Crippen molar-refractivity contribution >= 4 is 17.5 Å². The van der Waals surface area contributed by atoms with Crippen LogP contribution < -0.4 is 9.47 Å². The number of rotatable bonds is 4. The lowest BCUT2D eigenvalue weighted by Crippen LogP contribution is -2.48. The second kappa shape index (κ2) is 7.92. The van der Waals surface area contributed by atoms with Gasteiger partial charge in [-0.3, -0.25) is 9.69 Å². The average molecular weight is 427 g/mol. The number of tetrazole rings is 1. The van der Waals surface area contributed by atoms with Gasteiger partial charge >= 0.3 is 0 Å². The maximum Gasteiger partial charge on any atom is 0.255 e. The van der Waals surface area contributed by atoms with Crippen LogP contribution in [0.2, 0.25) is 5.02 Å². The van der Waals surface area contributed by atoms with Crippen LogP contribution in [-0.4, -0.2) is 68.9 Å². The van der Waals surface area contributed by atoms with Gasteiger partial charge in [0.15, 0.2) is 11.5 Å². The molecule has 154 valence electrons. The summed E-state index contributed by atoms with van der Waals surface area (Å²) in [6.07, 6.45) is 1.48. The Hall–Kier alpha value is -3.17. The molecule has 2 aliphatic heterocycles. The molecule has 0 spiro atoms. The lowest BCUT2D eigenvalue weighted by atomic mass is 10.1. The van der Waals surface area contributed by atoms with Gasteiger partial charge in [0.1, 0.15) is 6.33 Å². The third-order valence-electron chi connectivity index (χ3n) is 5.30. The van der Waals surface area contributed by atoms with Crippen molar-refractivity contribution in [2.24, 2.45) is 0 Å². The van der Waals surface area contributed by atoms with Crippen LogP contribution in [0.25, 0.3) is 5.69 Å². The second-order valence-corrected chi connectivity index (χ2v) is 7.58. The first-order chi connectivity index (χ1) is 14.7. The van der Waals surface area contributed by atoms with Crippen LogP contribution in [0.1, 0.15) is 15.9 Å². The zero-order valence-electron chi connectivity index (χ0n) is 16.1. The molecule has 10 heteroatoms. The quantitative estimate of drug-likeness (QED) is 0.630. The summed E-state index contributed by atoms with van der Waals surface area (Å²) >= 11 is 6.31. The molecular formula is C20H19ClN6O3. The van der Waals surface area contributed by atoms with Crippen LogP contribution in [0.15, 0.2) is 42.7 Å². The standard InChI is InChI=1S/C20H19ClN6O3/c21-17-3-2-15(27-12-22-23-24-27)10-16(17)20(28)26-7-5-25(6-8-26)11-14-1-4-18-19(9-14)30-13-29-18/h1-4,9-10,12H,5-8,11,13H2. The van der Waals surface area contributed by atoms with Crippen LogP contribution >= 0.6 is 11.6 Å². The van der Waals surface area contributed by atoms with Crippen LogP contribution in [0.5, 0.6) is 11.5 Å². The van der Waals surface area contributed by atoms with Gasteiger partial charge in [0.25, 0.3) is 5.91 Å². The van der Waals surface area contributed by atoms with Crippen molar-refractivity contribution < 1.29 is 14.3 Å². The zero-order chi connectivity index (χ0) is 20.5. The summed E-state index contributed by atoms with van der Waals surface area (Å²) in [5.74, 6) is 1.49. The first-order valence-electron chi connectivity index (χ1n) is 9.60. The van der Waals surface area contributed by atoms with E-state index < -0.39 is 0 Å². The lowest BCUT2D eigenvalue weighted by molar-refractivity contribution is 0.0628. The third-order valence-corrected chi connectivity index (χ3v) is 5.63. The Bertz CT molecular complexity index is 1070. The number of halogens is 1. The first kappa shape index (κ1) is 18.8. The number of carbonyl (C=O) groups is 1. The molecule has 3 heterocycles. The Morgan fingerprint density at radius 3 is 2.67 bits per heavy atom. The number of ether oxygens (including phenoxy) is 2. The summed E-state index contributed by atoms with van der Waals surface area (Å²) in [5, 5.41) is 11.5. The number of hydrogen-bond donors (Lipinski definition) is 0. The van der Waals surface area contributed by atoms with Crippen molar-refractivity contribution in [1.82, 2.24) is 30.0 Å². The monoisotopic (exact) mass is 426 g/mol. The number of aromatic nitrogens is 4. The van der Waals surface area contributed by atoms with E-state index in [0.717, 1.165) is 36.7 Å². The second-order valence-electron chi connectivity index (χ2n) is 7.17. The molecule has 9 nitrogen and oxygen atoms in total. The molecule has 0 unspecified atom stereocenters. The zero-order valence-corrected chi connectivity index (χ0v) is 16.8. The molecule has 0 radical (unpaired) electrons. The fourth-order valence-corrected chi connectivity index (χ4v) is 3.87. The Balaban J connectivity index is 1.23. The molecule has 30 heavy (non-hydrogen) atoms. The highest BCUT2D eigenvalue weighted by molar-refractivity contribution is 6.33. The van der Waals surface area contributed by atoms with E-state index in [-0.39, 0.29) is 12.7 Å². The van der Waals surface area contributed by atoms with Gasteiger partial charge in [-0.1, -0.05) is 17.7 Å². The Morgan fingerprint density at radius 2 is 1.87 bits per heavy atom. The molecular weight excluding hydrogens is 408 g/mol. The minimum absolute atomic E-state index is 0.0855. The Labute approximate surface area is 177 Å². The maximum atomic E-state index is 13.1. The largest absolute Gasteiger partial charge is 0.454 e. The molecule has 0 N–H and O–H groups in total. The van der Waals surface area contributed by atoms with E-state index >= 15 is 0 Å². The number of piperazine rings is 1. The molecule has 0 aliphatic carbocycles. The predicted octanol–water partition coefficient (Wildman–Crippen LogP) is 2.00. The van der Waals surface area contributed by atoms with Crippen molar-refractivity contribution in [3.05, 3.63) is 58.9 Å². The molecule has 2 aromatic carbocycles. The third kappa shape index (κ3) is 3.69. The highest BCUT2D eigenvalue weighted by atomic mass is 35.5. The van der Waals surface area contributed by atoms with E-state index in [1.54, 1.807) is 18.2 Å². The van der Waals surface area contributed by atoms with E-state index in [9.17, 15) is 4.79 Å². The minimum Gasteiger partial charge on any atom is -0.454 e. The smallest absolute Gasteiger partial charge is 0.255 e. The molecule has 1 amide bonds. The average Bonchev–Trinajstić information content (AvgIpc) is 3.46. The fourth-order valence-electron chi connectivity index (χ4n) is 3.68. The van der Waals surface area contributed by atoms with Crippen LogP contribution in [-0.2, 0) is 6.54 Å². The summed E-state index contributed by atoms with van der Waals surface area (Å²) in [4.78, 5) is 17.2. The van der Waals surface area contributed by atoms with Gasteiger partial charge in [0.2, 0.25) is 6.79 Å². The van der Waals surface area contributed by atoms with Gasteiger partial charge in [-0.25, -0.2) is 4.68 Å². The molecule has 2 aliphatic rings. The highest BCUT2D eigenvalue weighted by Crippen LogP contribution is 2.33. The molecule has 1 saturated heterocycles. The van der Waals surface area contributed by atoms with E-state index in [0.29, 0.717) is 29.4 Å². The number of hydrogen-bond acceptors (Lipinski definition) is 7. The molecule has 1 aromatic heterocycles. The van der Waals surface area contributed by atoms with Gasteiger partial charge in [0.05, 0.1) is 16.3 Å². The molecule has 0 saturated carbocycles. The fraction of sp³-hybridized carbons (Fsp3) is 0.300. The number of benzene rings is 2. The van der Waals surface area contributed by atoms with Crippen molar-refractivity contribution in [3.63, 3.8) is 0 Å². The lowest BCUT2D eigenvalue weighted by Gasteiger charge is -2.35. The van der Waals surface area contributed by atoms with Crippen LogP contribution in [0.4, 0.5) is 0 Å². The van der Waals surface area contributed by atoms with Crippen LogP contribution in [0, 0.1) is 0 Å². The van der Waals surface area contributed by atoms with E-state index in [4.69, 9.17) is 21.1 Å². The summed E-state index contributed by atoms with van der Waals surface area (Å²) < 4.78 is 12.3. The van der Waals surface area contributed by atoms with Crippen molar-refractivity contribution in [3.8, 4) is 17.2 Å². The van der Waals surface area contributed by atoms with Crippen LogP contribution in [0.3, 0.4) is 0 Å². The SMILES string of the molecule is O=C(c1cc(-n2cnnn2)ccc1Cl)N1CCN(Cc2ccc3c(c2)OCO3)CC1. The van der Waals surface area contributed by atoms with E-state index in [1.807, 2.05) is 17.0 Å². The molecule has 0 atom stereocenters. The minimum atomic E-state index is -0.0855. The summed E-state index contributed by atoms with van der Waals surface area (Å²) in [6.45, 7) is 3.91. The molecule has 3 aromatic rings. The molecule has 0 bridgehead atoms. The number of nitrogens with zero attached hydrogens (tertiary/aromatic N) is 6. The number of amides is 1.